The molecule has 1 aliphatic heterocycles. The standard InChI is InChI=1S/C14H28N2O2S/c1-12-6-3-4-8-14(12)15-10-13-7-5-9-16(11-13)19(2,17)18/h12-15H,3-11H2,1-2H3. The van der Waals surface area contributed by atoms with Crippen molar-refractivity contribution in [1.82, 2.24) is 9.62 Å². The highest BCUT2D eigenvalue weighted by Crippen LogP contribution is 2.24. The molecule has 0 aromatic carbocycles. The summed E-state index contributed by atoms with van der Waals surface area (Å²) in [6, 6.07) is 0.641. The molecule has 2 rings (SSSR count). The minimum absolute atomic E-state index is 0.484. The van der Waals surface area contributed by atoms with Crippen LogP contribution in [0.1, 0.15) is 45.4 Å². The Kier molecular flexibility index (Phi) is 5.26. The van der Waals surface area contributed by atoms with Gasteiger partial charge in [-0.2, -0.15) is 0 Å². The Morgan fingerprint density at radius 3 is 2.58 bits per heavy atom. The molecule has 19 heavy (non-hydrogen) atoms. The molecule has 0 radical (unpaired) electrons. The first-order chi connectivity index (χ1) is 8.97. The van der Waals surface area contributed by atoms with Gasteiger partial charge in [0.25, 0.3) is 0 Å². The quantitative estimate of drug-likeness (QED) is 0.858. The van der Waals surface area contributed by atoms with Crippen LogP contribution in [0.5, 0.6) is 0 Å². The van der Waals surface area contributed by atoms with E-state index in [1.807, 2.05) is 0 Å². The van der Waals surface area contributed by atoms with Crippen molar-refractivity contribution in [2.24, 2.45) is 11.8 Å². The lowest BCUT2D eigenvalue weighted by Gasteiger charge is -2.34. The highest BCUT2D eigenvalue weighted by Gasteiger charge is 2.27. The topological polar surface area (TPSA) is 49.4 Å². The van der Waals surface area contributed by atoms with E-state index in [1.165, 1.54) is 31.9 Å². The predicted octanol–water partition coefficient (Wildman–Crippen LogP) is 1.83. The van der Waals surface area contributed by atoms with Gasteiger partial charge in [-0.3, -0.25) is 0 Å². The highest BCUT2D eigenvalue weighted by molar-refractivity contribution is 7.88. The third kappa shape index (κ3) is 4.43. The van der Waals surface area contributed by atoms with E-state index in [4.69, 9.17) is 0 Å². The molecular formula is C14H28N2O2S. The summed E-state index contributed by atoms with van der Waals surface area (Å²) in [6.07, 6.45) is 8.79. The van der Waals surface area contributed by atoms with E-state index in [9.17, 15) is 8.42 Å². The summed E-state index contributed by atoms with van der Waals surface area (Å²) in [7, 11) is -3.01. The second-order valence-electron chi connectivity index (χ2n) is 6.41. The van der Waals surface area contributed by atoms with Gasteiger partial charge in [0.2, 0.25) is 10.0 Å². The van der Waals surface area contributed by atoms with E-state index in [1.54, 1.807) is 4.31 Å². The number of hydrogen-bond acceptors (Lipinski definition) is 3. The van der Waals surface area contributed by atoms with Crippen molar-refractivity contribution in [3.8, 4) is 0 Å². The Labute approximate surface area is 118 Å². The second kappa shape index (κ2) is 6.55. The van der Waals surface area contributed by atoms with Gasteiger partial charge in [-0.1, -0.05) is 19.8 Å². The van der Waals surface area contributed by atoms with Crippen LogP contribution in [-0.2, 0) is 10.0 Å². The minimum atomic E-state index is -3.01. The maximum absolute atomic E-state index is 11.6. The molecule has 1 heterocycles. The number of piperidine rings is 1. The summed E-state index contributed by atoms with van der Waals surface area (Å²) in [5.41, 5.74) is 0. The average Bonchev–Trinajstić information content (AvgIpc) is 2.37. The highest BCUT2D eigenvalue weighted by atomic mass is 32.2. The van der Waals surface area contributed by atoms with E-state index in [0.29, 0.717) is 25.0 Å². The van der Waals surface area contributed by atoms with E-state index in [2.05, 4.69) is 12.2 Å². The Balaban J connectivity index is 1.79. The van der Waals surface area contributed by atoms with Crippen LogP contribution in [0.3, 0.4) is 0 Å². The van der Waals surface area contributed by atoms with Gasteiger partial charge in [0.15, 0.2) is 0 Å². The molecule has 4 nitrogen and oxygen atoms in total. The van der Waals surface area contributed by atoms with Gasteiger partial charge in [-0.05, 0) is 44.1 Å². The van der Waals surface area contributed by atoms with Crippen LogP contribution < -0.4 is 5.32 Å². The molecular weight excluding hydrogens is 260 g/mol. The third-order valence-corrected chi connectivity index (χ3v) is 6.00. The molecule has 3 unspecified atom stereocenters. The molecule has 0 bridgehead atoms. The number of sulfonamides is 1. The van der Waals surface area contributed by atoms with Crippen LogP contribution in [0.15, 0.2) is 0 Å². The predicted molar refractivity (Wildman–Crippen MR) is 78.6 cm³/mol. The molecule has 112 valence electrons. The summed E-state index contributed by atoms with van der Waals surface area (Å²) in [4.78, 5) is 0. The molecule has 1 N–H and O–H groups in total. The van der Waals surface area contributed by atoms with E-state index in [0.717, 1.165) is 25.3 Å². The fourth-order valence-corrected chi connectivity index (χ4v) is 4.37. The van der Waals surface area contributed by atoms with Gasteiger partial charge in [0, 0.05) is 19.1 Å². The van der Waals surface area contributed by atoms with Crippen molar-refractivity contribution in [2.45, 2.75) is 51.5 Å². The van der Waals surface area contributed by atoms with Crippen molar-refractivity contribution in [2.75, 3.05) is 25.9 Å². The van der Waals surface area contributed by atoms with Crippen molar-refractivity contribution in [3.05, 3.63) is 0 Å². The zero-order valence-corrected chi connectivity index (χ0v) is 13.1. The molecule has 2 fully saturated rings. The SMILES string of the molecule is CC1CCCCC1NCC1CCCN(S(C)(=O)=O)C1. The Morgan fingerprint density at radius 1 is 1.16 bits per heavy atom. The van der Waals surface area contributed by atoms with Gasteiger partial charge in [0.1, 0.15) is 0 Å². The molecule has 1 saturated heterocycles. The number of nitrogens with zero attached hydrogens (tertiary/aromatic N) is 1. The Hall–Kier alpha value is -0.130. The van der Waals surface area contributed by atoms with Crippen LogP contribution in [0.25, 0.3) is 0 Å². The summed E-state index contributed by atoms with van der Waals surface area (Å²) in [6.45, 7) is 4.71. The maximum Gasteiger partial charge on any atom is 0.211 e. The second-order valence-corrected chi connectivity index (χ2v) is 8.39. The third-order valence-electron chi connectivity index (χ3n) is 4.73. The van der Waals surface area contributed by atoms with Gasteiger partial charge in [-0.25, -0.2) is 12.7 Å². The van der Waals surface area contributed by atoms with Crippen LogP contribution in [-0.4, -0.2) is 44.7 Å². The maximum atomic E-state index is 11.6. The van der Waals surface area contributed by atoms with Gasteiger partial charge in [0.05, 0.1) is 6.26 Å². The lowest BCUT2D eigenvalue weighted by atomic mass is 9.85. The molecule has 5 heteroatoms. The van der Waals surface area contributed by atoms with Gasteiger partial charge >= 0.3 is 0 Å². The molecule has 1 saturated carbocycles. The lowest BCUT2D eigenvalue weighted by molar-refractivity contribution is 0.226. The average molecular weight is 288 g/mol. The molecule has 0 aromatic heterocycles. The molecule has 3 atom stereocenters. The smallest absolute Gasteiger partial charge is 0.211 e. The van der Waals surface area contributed by atoms with Crippen LogP contribution >= 0.6 is 0 Å². The van der Waals surface area contributed by atoms with Crippen LogP contribution in [0.4, 0.5) is 0 Å². The van der Waals surface area contributed by atoms with Crippen molar-refractivity contribution in [3.63, 3.8) is 0 Å². The van der Waals surface area contributed by atoms with E-state index < -0.39 is 10.0 Å². The van der Waals surface area contributed by atoms with Gasteiger partial charge in [-0.15, -0.1) is 0 Å². The summed E-state index contributed by atoms with van der Waals surface area (Å²) in [5.74, 6) is 1.25. The molecule has 1 aliphatic carbocycles. The molecule has 0 aromatic rings. The lowest BCUT2D eigenvalue weighted by Crippen LogP contribution is -2.45. The van der Waals surface area contributed by atoms with E-state index in [-0.39, 0.29) is 0 Å². The minimum Gasteiger partial charge on any atom is -0.313 e. The first-order valence-corrected chi connectivity index (χ1v) is 9.50. The first kappa shape index (κ1) is 15.3. The zero-order chi connectivity index (χ0) is 13.9. The fourth-order valence-electron chi connectivity index (χ4n) is 3.43. The van der Waals surface area contributed by atoms with Crippen molar-refractivity contribution in [1.29, 1.82) is 0 Å². The normalized spacial score (nSPS) is 34.3. The Morgan fingerprint density at radius 2 is 1.89 bits per heavy atom. The van der Waals surface area contributed by atoms with Crippen molar-refractivity contribution >= 4 is 10.0 Å². The largest absolute Gasteiger partial charge is 0.313 e. The molecule has 0 amide bonds. The number of rotatable bonds is 4. The first-order valence-electron chi connectivity index (χ1n) is 7.65. The zero-order valence-electron chi connectivity index (χ0n) is 12.3. The Bertz CT molecular complexity index is 383. The van der Waals surface area contributed by atoms with Crippen LogP contribution in [0.2, 0.25) is 0 Å². The fraction of sp³-hybridized carbons (Fsp3) is 1.00. The van der Waals surface area contributed by atoms with Crippen LogP contribution in [0, 0.1) is 11.8 Å². The summed E-state index contributed by atoms with van der Waals surface area (Å²) < 4.78 is 24.8. The molecule has 0 spiro atoms. The summed E-state index contributed by atoms with van der Waals surface area (Å²) >= 11 is 0. The summed E-state index contributed by atoms with van der Waals surface area (Å²) in [5, 5.41) is 3.69. The molecule has 2 aliphatic rings. The van der Waals surface area contributed by atoms with Gasteiger partial charge < -0.3 is 5.32 Å². The number of hydrogen-bond donors (Lipinski definition) is 1. The number of nitrogens with one attached hydrogen (secondary N) is 1. The van der Waals surface area contributed by atoms with E-state index >= 15 is 0 Å². The monoisotopic (exact) mass is 288 g/mol. The van der Waals surface area contributed by atoms with Crippen molar-refractivity contribution < 1.29 is 8.42 Å².